The van der Waals surface area contributed by atoms with Crippen molar-refractivity contribution in [1.29, 1.82) is 0 Å². The molecule has 0 atom stereocenters. The third-order valence-electron chi connectivity index (χ3n) is 0.496. The van der Waals surface area contributed by atoms with Gasteiger partial charge < -0.3 is 16.5 Å². The second kappa shape index (κ2) is 5.11. The molecule has 0 spiro atoms. The number of nitrogens with two attached hydrogens (primary N) is 2. The minimum Gasteiger partial charge on any atom is -0.377 e. The number of aromatic nitrogens is 1. The van der Waals surface area contributed by atoms with E-state index in [1.807, 2.05) is 24.5 Å². The molecule has 0 bridgehead atoms. The lowest BCUT2D eigenvalue weighted by Gasteiger charge is -1.68. The van der Waals surface area contributed by atoms with E-state index in [9.17, 15) is 0 Å². The van der Waals surface area contributed by atoms with Crippen LogP contribution >= 0.6 is 12.2 Å². The minimum atomic E-state index is 0.000000000000000222. The monoisotopic (exact) mass is 143 g/mol. The van der Waals surface area contributed by atoms with Crippen molar-refractivity contribution >= 4 is 17.3 Å². The summed E-state index contributed by atoms with van der Waals surface area (Å²) in [4.78, 5) is 2.86. The first kappa shape index (κ1) is 7.97. The Morgan fingerprint density at radius 3 is 1.67 bits per heavy atom. The summed E-state index contributed by atoms with van der Waals surface area (Å²) in [6, 6.07) is 3.89. The molecule has 4 heteroatoms. The van der Waals surface area contributed by atoms with Crippen LogP contribution < -0.4 is 11.5 Å². The van der Waals surface area contributed by atoms with Gasteiger partial charge in [-0.05, 0) is 24.4 Å². The smallest absolute Gasteiger partial charge is 0.160 e. The SMILES string of the molecule is NC(N)=S.c1cc[nH]c1. The van der Waals surface area contributed by atoms with Gasteiger partial charge in [-0.3, -0.25) is 0 Å². The van der Waals surface area contributed by atoms with Crippen molar-refractivity contribution in [2.24, 2.45) is 11.5 Å². The van der Waals surface area contributed by atoms with Crippen LogP contribution in [0.15, 0.2) is 24.5 Å². The second-order valence-corrected chi connectivity index (χ2v) is 1.76. The van der Waals surface area contributed by atoms with E-state index in [0.717, 1.165) is 0 Å². The maximum atomic E-state index is 4.62. The second-order valence-electron chi connectivity index (χ2n) is 1.29. The van der Waals surface area contributed by atoms with Gasteiger partial charge in [0.25, 0.3) is 0 Å². The van der Waals surface area contributed by atoms with Crippen molar-refractivity contribution in [3.05, 3.63) is 24.5 Å². The number of thiocarbonyl (C=S) groups is 1. The predicted octanol–water partition coefficient (Wildman–Crippen LogP) is 0.203. The Labute approximate surface area is 59.0 Å². The Kier molecular flexibility index (Phi) is 4.53. The molecule has 9 heavy (non-hydrogen) atoms. The van der Waals surface area contributed by atoms with Crippen LogP contribution in [0.25, 0.3) is 0 Å². The van der Waals surface area contributed by atoms with Crippen molar-refractivity contribution in [2.75, 3.05) is 0 Å². The zero-order chi connectivity index (χ0) is 7.11. The average molecular weight is 143 g/mol. The summed E-state index contributed by atoms with van der Waals surface area (Å²) in [5.41, 5.74) is 9.24. The molecule has 1 rings (SSSR count). The highest BCUT2D eigenvalue weighted by Gasteiger charge is 1.55. The number of nitrogens with one attached hydrogen (secondary N) is 1. The fourth-order valence-electron chi connectivity index (χ4n) is 0.278. The van der Waals surface area contributed by atoms with Crippen LogP contribution in [0.3, 0.4) is 0 Å². The first-order chi connectivity index (χ1) is 4.23. The van der Waals surface area contributed by atoms with Gasteiger partial charge in [0, 0.05) is 12.4 Å². The van der Waals surface area contributed by atoms with E-state index >= 15 is 0 Å². The molecule has 0 aliphatic carbocycles. The van der Waals surface area contributed by atoms with Crippen LogP contribution in [-0.2, 0) is 0 Å². The maximum absolute atomic E-state index is 4.62. The third-order valence-corrected chi connectivity index (χ3v) is 0.496. The summed E-state index contributed by atoms with van der Waals surface area (Å²) in [5, 5.41) is 0.000000000000000222. The predicted molar refractivity (Wildman–Crippen MR) is 41.8 cm³/mol. The van der Waals surface area contributed by atoms with E-state index in [1.54, 1.807) is 0 Å². The van der Waals surface area contributed by atoms with Crippen molar-refractivity contribution in [1.82, 2.24) is 4.98 Å². The average Bonchev–Trinajstić information content (AvgIpc) is 2.11. The molecule has 0 saturated heterocycles. The molecular weight excluding hydrogens is 134 g/mol. The molecule has 1 heterocycles. The Morgan fingerprint density at radius 2 is 1.56 bits per heavy atom. The molecule has 1 aromatic rings. The van der Waals surface area contributed by atoms with Gasteiger partial charge in [-0.15, -0.1) is 0 Å². The van der Waals surface area contributed by atoms with E-state index in [-0.39, 0.29) is 5.11 Å². The largest absolute Gasteiger partial charge is 0.377 e. The fourth-order valence-corrected chi connectivity index (χ4v) is 0.278. The van der Waals surface area contributed by atoms with Gasteiger partial charge >= 0.3 is 0 Å². The zero-order valence-corrected chi connectivity index (χ0v) is 5.69. The Balaban J connectivity index is 0.000000148. The molecule has 0 unspecified atom stereocenters. The van der Waals surface area contributed by atoms with Crippen LogP contribution in [0.5, 0.6) is 0 Å². The van der Waals surface area contributed by atoms with E-state index in [1.165, 1.54) is 0 Å². The number of rotatable bonds is 0. The van der Waals surface area contributed by atoms with Gasteiger partial charge in [0.1, 0.15) is 0 Å². The van der Waals surface area contributed by atoms with E-state index in [4.69, 9.17) is 0 Å². The van der Waals surface area contributed by atoms with Gasteiger partial charge in [0.05, 0.1) is 0 Å². The van der Waals surface area contributed by atoms with Crippen LogP contribution in [0.2, 0.25) is 0 Å². The lowest BCUT2D eigenvalue weighted by atomic mass is 10.7. The van der Waals surface area contributed by atoms with Gasteiger partial charge in [0.15, 0.2) is 5.11 Å². The third kappa shape index (κ3) is 10.9. The number of hydrogen-bond acceptors (Lipinski definition) is 1. The molecule has 0 aliphatic rings. The van der Waals surface area contributed by atoms with E-state index < -0.39 is 0 Å². The standard InChI is InChI=1S/C4H5N.CH4N2S/c1-2-4-5-3-1;2-1(3)4/h1-5H;(H4,2,3,4). The van der Waals surface area contributed by atoms with E-state index in [0.29, 0.717) is 0 Å². The van der Waals surface area contributed by atoms with Gasteiger partial charge in [-0.2, -0.15) is 0 Å². The number of aromatic amines is 1. The summed E-state index contributed by atoms with van der Waals surface area (Å²) in [5.74, 6) is 0. The Morgan fingerprint density at radius 1 is 1.22 bits per heavy atom. The highest BCUT2D eigenvalue weighted by molar-refractivity contribution is 7.80. The minimum absolute atomic E-state index is 0.000000000000000222. The first-order valence-corrected chi connectivity index (χ1v) is 2.77. The van der Waals surface area contributed by atoms with Crippen LogP contribution in [0, 0.1) is 0 Å². The molecule has 0 aromatic carbocycles. The van der Waals surface area contributed by atoms with Gasteiger partial charge in [0.2, 0.25) is 0 Å². The lowest BCUT2D eigenvalue weighted by Crippen LogP contribution is -2.18. The molecule has 1 aromatic heterocycles. The molecule has 0 fully saturated rings. The van der Waals surface area contributed by atoms with Crippen molar-refractivity contribution in [2.45, 2.75) is 0 Å². The molecular formula is C5H9N3S. The number of H-pyrrole nitrogens is 1. The maximum Gasteiger partial charge on any atom is 0.160 e. The molecule has 3 nitrogen and oxygen atoms in total. The highest BCUT2D eigenvalue weighted by Crippen LogP contribution is 1.72. The molecule has 0 amide bonds. The quantitative estimate of drug-likeness (QED) is 0.454. The van der Waals surface area contributed by atoms with Gasteiger partial charge in [-0.1, -0.05) is 0 Å². The van der Waals surface area contributed by atoms with E-state index in [2.05, 4.69) is 28.7 Å². The first-order valence-electron chi connectivity index (χ1n) is 2.36. The van der Waals surface area contributed by atoms with Crippen molar-refractivity contribution in [3.63, 3.8) is 0 Å². The van der Waals surface area contributed by atoms with Crippen molar-refractivity contribution in [3.8, 4) is 0 Å². The summed E-state index contributed by atoms with van der Waals surface area (Å²) in [6.07, 6.45) is 3.75. The summed E-state index contributed by atoms with van der Waals surface area (Å²) in [7, 11) is 0. The summed E-state index contributed by atoms with van der Waals surface area (Å²) in [6.45, 7) is 0. The van der Waals surface area contributed by atoms with Crippen molar-refractivity contribution < 1.29 is 0 Å². The molecule has 5 N–H and O–H groups in total. The summed E-state index contributed by atoms with van der Waals surface area (Å²) >= 11 is 4.09. The van der Waals surface area contributed by atoms with Crippen LogP contribution in [0.1, 0.15) is 0 Å². The topological polar surface area (TPSA) is 67.8 Å². The molecule has 50 valence electrons. The van der Waals surface area contributed by atoms with Crippen LogP contribution in [0.4, 0.5) is 0 Å². The Hall–Kier alpha value is -1.03. The normalized spacial score (nSPS) is 7.11. The Bertz CT molecular complexity index is 126. The zero-order valence-electron chi connectivity index (χ0n) is 4.87. The van der Waals surface area contributed by atoms with Crippen LogP contribution in [-0.4, -0.2) is 10.1 Å². The molecule has 0 saturated carbocycles. The molecule has 0 radical (unpaired) electrons. The number of hydrogen-bond donors (Lipinski definition) is 3. The molecule has 0 aliphatic heterocycles. The summed E-state index contributed by atoms with van der Waals surface area (Å²) < 4.78 is 0. The lowest BCUT2D eigenvalue weighted by molar-refractivity contribution is 1.42. The fraction of sp³-hybridized carbons (Fsp3) is 0. The van der Waals surface area contributed by atoms with Gasteiger partial charge in [-0.25, -0.2) is 0 Å². The highest BCUT2D eigenvalue weighted by atomic mass is 32.1.